The van der Waals surface area contributed by atoms with Gasteiger partial charge in [-0.15, -0.1) is 0 Å². The second-order valence-corrected chi connectivity index (χ2v) is 6.87. The summed E-state index contributed by atoms with van der Waals surface area (Å²) < 4.78 is 5.19. The standard InChI is InChI=1S/C24H25N3O3/c1-17(28)27(2)23-21(24(29)25-16-15-18-7-5-4-6-8-18)13-14-22(26-23)19-9-11-20(30-3)12-10-19/h4-14H,15-16H2,1-3H3,(H,25,29). The summed E-state index contributed by atoms with van der Waals surface area (Å²) in [4.78, 5) is 30.8. The number of hydrogen-bond donors (Lipinski definition) is 1. The number of anilines is 1. The molecule has 0 spiro atoms. The van der Waals surface area contributed by atoms with Gasteiger partial charge in [0.2, 0.25) is 5.91 Å². The first-order chi connectivity index (χ1) is 14.5. The summed E-state index contributed by atoms with van der Waals surface area (Å²) in [5, 5.41) is 2.92. The van der Waals surface area contributed by atoms with E-state index in [2.05, 4.69) is 10.3 Å². The number of aromatic nitrogens is 1. The molecule has 1 heterocycles. The monoisotopic (exact) mass is 403 g/mol. The molecule has 6 heteroatoms. The second-order valence-electron chi connectivity index (χ2n) is 6.87. The zero-order valence-electron chi connectivity index (χ0n) is 17.4. The van der Waals surface area contributed by atoms with Crippen molar-refractivity contribution >= 4 is 17.6 Å². The van der Waals surface area contributed by atoms with Crippen molar-refractivity contribution in [2.45, 2.75) is 13.3 Å². The van der Waals surface area contributed by atoms with Crippen LogP contribution in [0.5, 0.6) is 5.75 Å². The maximum atomic E-state index is 12.8. The maximum absolute atomic E-state index is 12.8. The molecular formula is C24H25N3O3. The van der Waals surface area contributed by atoms with E-state index in [1.54, 1.807) is 26.3 Å². The number of benzene rings is 2. The Morgan fingerprint density at radius 3 is 2.33 bits per heavy atom. The lowest BCUT2D eigenvalue weighted by Crippen LogP contribution is -2.31. The highest BCUT2D eigenvalue weighted by atomic mass is 16.5. The number of methoxy groups -OCH3 is 1. The third kappa shape index (κ3) is 5.03. The highest BCUT2D eigenvalue weighted by molar-refractivity contribution is 6.03. The second kappa shape index (κ2) is 9.69. The summed E-state index contributed by atoms with van der Waals surface area (Å²) in [5.41, 5.74) is 3.04. The van der Waals surface area contributed by atoms with Crippen LogP contribution in [0.15, 0.2) is 66.7 Å². The van der Waals surface area contributed by atoms with Crippen molar-refractivity contribution in [3.05, 3.63) is 77.9 Å². The summed E-state index contributed by atoms with van der Waals surface area (Å²) >= 11 is 0. The summed E-state index contributed by atoms with van der Waals surface area (Å²) in [6.07, 6.45) is 0.724. The van der Waals surface area contributed by atoms with Crippen LogP contribution in [0, 0.1) is 0 Å². The highest BCUT2D eigenvalue weighted by Gasteiger charge is 2.19. The van der Waals surface area contributed by atoms with Gasteiger partial charge in [-0.3, -0.25) is 14.5 Å². The number of carbonyl (C=O) groups is 2. The third-order valence-electron chi connectivity index (χ3n) is 4.84. The quantitative estimate of drug-likeness (QED) is 0.653. The molecule has 3 rings (SSSR count). The van der Waals surface area contributed by atoms with Crippen LogP contribution in [0.2, 0.25) is 0 Å². The molecule has 0 aliphatic carbocycles. The number of rotatable bonds is 7. The van der Waals surface area contributed by atoms with Gasteiger partial charge in [-0.2, -0.15) is 0 Å². The van der Waals surface area contributed by atoms with Crippen LogP contribution in [-0.4, -0.2) is 37.5 Å². The summed E-state index contributed by atoms with van der Waals surface area (Å²) in [6.45, 7) is 1.94. The molecule has 0 atom stereocenters. The Hall–Kier alpha value is -3.67. The predicted octanol–water partition coefficient (Wildman–Crippen LogP) is 3.71. The molecule has 0 aliphatic heterocycles. The Morgan fingerprint density at radius 2 is 1.70 bits per heavy atom. The number of nitrogens with zero attached hydrogens (tertiary/aromatic N) is 2. The molecule has 1 N–H and O–H groups in total. The summed E-state index contributed by atoms with van der Waals surface area (Å²) in [6, 6.07) is 20.9. The molecule has 3 aromatic rings. The van der Waals surface area contributed by atoms with E-state index < -0.39 is 0 Å². The van der Waals surface area contributed by atoms with Crippen LogP contribution in [-0.2, 0) is 11.2 Å². The lowest BCUT2D eigenvalue weighted by Gasteiger charge is -2.19. The largest absolute Gasteiger partial charge is 0.497 e. The SMILES string of the molecule is COc1ccc(-c2ccc(C(=O)NCCc3ccccc3)c(N(C)C(C)=O)n2)cc1. The van der Waals surface area contributed by atoms with Crippen molar-refractivity contribution in [3.63, 3.8) is 0 Å². The van der Waals surface area contributed by atoms with E-state index in [1.807, 2.05) is 54.6 Å². The van der Waals surface area contributed by atoms with E-state index in [9.17, 15) is 9.59 Å². The Morgan fingerprint density at radius 1 is 1.00 bits per heavy atom. The molecule has 0 fully saturated rings. The lowest BCUT2D eigenvalue weighted by atomic mass is 10.1. The molecule has 6 nitrogen and oxygen atoms in total. The fourth-order valence-electron chi connectivity index (χ4n) is 3.01. The lowest BCUT2D eigenvalue weighted by molar-refractivity contribution is -0.116. The van der Waals surface area contributed by atoms with Crippen LogP contribution >= 0.6 is 0 Å². The highest BCUT2D eigenvalue weighted by Crippen LogP contribution is 2.25. The van der Waals surface area contributed by atoms with Crippen LogP contribution < -0.4 is 15.0 Å². The molecule has 2 aromatic carbocycles. The first-order valence-electron chi connectivity index (χ1n) is 9.71. The minimum Gasteiger partial charge on any atom is -0.497 e. The van der Waals surface area contributed by atoms with Gasteiger partial charge in [-0.1, -0.05) is 30.3 Å². The van der Waals surface area contributed by atoms with E-state index in [-0.39, 0.29) is 11.8 Å². The number of nitrogens with one attached hydrogen (secondary N) is 1. The molecule has 1 aromatic heterocycles. The zero-order valence-corrected chi connectivity index (χ0v) is 17.4. The predicted molar refractivity (Wildman–Crippen MR) is 118 cm³/mol. The Balaban J connectivity index is 1.83. The van der Waals surface area contributed by atoms with Gasteiger partial charge in [0.05, 0.1) is 18.4 Å². The van der Waals surface area contributed by atoms with Crippen molar-refractivity contribution in [2.75, 3.05) is 25.6 Å². The van der Waals surface area contributed by atoms with Crippen molar-refractivity contribution < 1.29 is 14.3 Å². The average molecular weight is 403 g/mol. The topological polar surface area (TPSA) is 71.5 Å². The van der Waals surface area contributed by atoms with Gasteiger partial charge < -0.3 is 10.1 Å². The van der Waals surface area contributed by atoms with Gasteiger partial charge >= 0.3 is 0 Å². The Bertz CT molecular complexity index is 1020. The zero-order chi connectivity index (χ0) is 21.5. The number of carbonyl (C=O) groups excluding carboxylic acids is 2. The van der Waals surface area contributed by atoms with Gasteiger partial charge in [0, 0.05) is 26.1 Å². The van der Waals surface area contributed by atoms with E-state index in [0.717, 1.165) is 23.3 Å². The molecule has 154 valence electrons. The Labute approximate surface area is 176 Å². The molecule has 0 saturated heterocycles. The van der Waals surface area contributed by atoms with Crippen LogP contribution in [0.1, 0.15) is 22.8 Å². The number of hydrogen-bond acceptors (Lipinski definition) is 4. The fraction of sp³-hybridized carbons (Fsp3) is 0.208. The molecule has 2 amide bonds. The molecule has 0 aliphatic rings. The van der Waals surface area contributed by atoms with Crippen molar-refractivity contribution in [3.8, 4) is 17.0 Å². The molecular weight excluding hydrogens is 378 g/mol. The van der Waals surface area contributed by atoms with Crippen LogP contribution in [0.4, 0.5) is 5.82 Å². The van der Waals surface area contributed by atoms with E-state index in [1.165, 1.54) is 11.8 Å². The van der Waals surface area contributed by atoms with Crippen molar-refractivity contribution in [1.82, 2.24) is 10.3 Å². The van der Waals surface area contributed by atoms with Gasteiger partial charge in [0.1, 0.15) is 11.6 Å². The van der Waals surface area contributed by atoms with Gasteiger partial charge in [-0.25, -0.2) is 4.98 Å². The normalized spacial score (nSPS) is 10.4. The van der Waals surface area contributed by atoms with Crippen LogP contribution in [0.25, 0.3) is 11.3 Å². The molecule has 0 bridgehead atoms. The summed E-state index contributed by atoms with van der Waals surface area (Å²) in [5.74, 6) is 0.609. The fourth-order valence-corrected chi connectivity index (χ4v) is 3.01. The first kappa shape index (κ1) is 21.0. The first-order valence-corrected chi connectivity index (χ1v) is 9.71. The Kier molecular flexibility index (Phi) is 6.80. The molecule has 30 heavy (non-hydrogen) atoms. The number of amides is 2. The van der Waals surface area contributed by atoms with Gasteiger partial charge in [0.25, 0.3) is 5.91 Å². The minimum atomic E-state index is -0.261. The van der Waals surface area contributed by atoms with E-state index in [4.69, 9.17) is 4.74 Å². The summed E-state index contributed by atoms with van der Waals surface area (Å²) in [7, 11) is 3.22. The molecule has 0 saturated carbocycles. The molecule has 0 unspecified atom stereocenters. The molecule has 0 radical (unpaired) electrons. The van der Waals surface area contributed by atoms with Gasteiger partial charge in [-0.05, 0) is 48.4 Å². The van der Waals surface area contributed by atoms with Crippen LogP contribution in [0.3, 0.4) is 0 Å². The average Bonchev–Trinajstić information content (AvgIpc) is 2.78. The maximum Gasteiger partial charge on any atom is 0.255 e. The number of pyridine rings is 1. The number of ether oxygens (including phenoxy) is 1. The van der Waals surface area contributed by atoms with Crippen molar-refractivity contribution in [1.29, 1.82) is 0 Å². The van der Waals surface area contributed by atoms with E-state index >= 15 is 0 Å². The van der Waals surface area contributed by atoms with Gasteiger partial charge in [0.15, 0.2) is 0 Å². The van der Waals surface area contributed by atoms with E-state index in [0.29, 0.717) is 23.6 Å². The minimum absolute atomic E-state index is 0.201. The third-order valence-corrected chi connectivity index (χ3v) is 4.84. The van der Waals surface area contributed by atoms with Crippen molar-refractivity contribution in [2.24, 2.45) is 0 Å². The smallest absolute Gasteiger partial charge is 0.255 e.